The van der Waals surface area contributed by atoms with Gasteiger partial charge in [0.1, 0.15) is 0 Å². The zero-order chi connectivity index (χ0) is 26.4. The number of likely N-dealkylation sites (N-methyl/N-ethyl adjacent to an activating group) is 1. The maximum atomic E-state index is 13.5. The standard InChI is InChI=1S/C30H38N4O2S.CH4/c1-22(2)9-7-15-31-29(35)20-33(27-17-24(14-13-23(27)3)28-12-8-16-37-28)21-30(36)32(4)34-18-25-10-5-6-11-26(25)19-34;/h5-6,8,10-14,16-17,22H,7,9,15,18-21H2,1-4H3,(H,31,35);1H4. The van der Waals surface area contributed by atoms with Crippen LogP contribution >= 0.6 is 11.3 Å². The van der Waals surface area contributed by atoms with Crippen molar-refractivity contribution in [3.8, 4) is 10.4 Å². The largest absolute Gasteiger partial charge is 0.355 e. The predicted octanol–water partition coefficient (Wildman–Crippen LogP) is 6.11. The number of nitrogens with one attached hydrogen (secondary N) is 1. The summed E-state index contributed by atoms with van der Waals surface area (Å²) in [7, 11) is 1.83. The van der Waals surface area contributed by atoms with Gasteiger partial charge in [-0.05, 0) is 65.4 Å². The number of rotatable bonds is 11. The van der Waals surface area contributed by atoms with Gasteiger partial charge in [-0.15, -0.1) is 11.3 Å². The van der Waals surface area contributed by atoms with Crippen LogP contribution in [0.2, 0.25) is 0 Å². The summed E-state index contributed by atoms with van der Waals surface area (Å²) in [5, 5.41) is 8.89. The van der Waals surface area contributed by atoms with Crippen molar-refractivity contribution in [3.63, 3.8) is 0 Å². The van der Waals surface area contributed by atoms with Crippen molar-refractivity contribution in [1.29, 1.82) is 0 Å². The van der Waals surface area contributed by atoms with E-state index in [0.29, 0.717) is 25.6 Å². The molecule has 6 nitrogen and oxygen atoms in total. The SMILES string of the molecule is C.Cc1ccc(-c2cccs2)cc1N(CC(=O)NCCCC(C)C)CC(=O)N(C)N1Cc2ccccc2C1. The van der Waals surface area contributed by atoms with E-state index in [9.17, 15) is 9.59 Å². The predicted molar refractivity (Wildman–Crippen MR) is 159 cm³/mol. The van der Waals surface area contributed by atoms with Gasteiger partial charge in [-0.1, -0.05) is 63.7 Å². The summed E-state index contributed by atoms with van der Waals surface area (Å²) in [5.41, 5.74) is 5.54. The molecule has 7 heteroatoms. The molecule has 2 heterocycles. The maximum Gasteiger partial charge on any atom is 0.256 e. The molecule has 1 aliphatic rings. The summed E-state index contributed by atoms with van der Waals surface area (Å²) in [6.45, 7) is 8.74. The van der Waals surface area contributed by atoms with E-state index in [4.69, 9.17) is 0 Å². The van der Waals surface area contributed by atoms with Gasteiger partial charge in [-0.3, -0.25) is 14.6 Å². The summed E-state index contributed by atoms with van der Waals surface area (Å²) in [6, 6.07) is 18.7. The Balaban J connectivity index is 0.00000400. The highest BCUT2D eigenvalue weighted by Gasteiger charge is 2.27. The fourth-order valence-electron chi connectivity index (χ4n) is 4.69. The molecule has 0 saturated carbocycles. The molecule has 0 spiro atoms. The molecule has 4 rings (SSSR count). The second-order valence-corrected chi connectivity index (χ2v) is 11.2. The van der Waals surface area contributed by atoms with E-state index in [1.807, 2.05) is 37.1 Å². The molecular formula is C31H42N4O2S. The Kier molecular flexibility index (Phi) is 10.5. The lowest BCUT2D eigenvalue weighted by Crippen LogP contribution is -2.48. The fourth-order valence-corrected chi connectivity index (χ4v) is 5.41. The molecule has 0 aliphatic carbocycles. The zero-order valence-electron chi connectivity index (χ0n) is 22.4. The van der Waals surface area contributed by atoms with Crippen LogP contribution < -0.4 is 10.2 Å². The molecule has 0 radical (unpaired) electrons. The van der Waals surface area contributed by atoms with Gasteiger partial charge in [0, 0.05) is 37.2 Å². The van der Waals surface area contributed by atoms with Gasteiger partial charge >= 0.3 is 0 Å². The van der Waals surface area contributed by atoms with Crippen LogP contribution in [0.5, 0.6) is 0 Å². The van der Waals surface area contributed by atoms with Crippen LogP contribution in [0.4, 0.5) is 5.69 Å². The summed E-state index contributed by atoms with van der Waals surface area (Å²) < 4.78 is 0. The number of carbonyl (C=O) groups is 2. The maximum absolute atomic E-state index is 13.5. The third kappa shape index (κ3) is 7.45. The van der Waals surface area contributed by atoms with Crippen LogP contribution in [-0.4, -0.2) is 48.5 Å². The number of benzene rings is 2. The lowest BCUT2D eigenvalue weighted by atomic mass is 10.1. The molecular weight excluding hydrogens is 492 g/mol. The van der Waals surface area contributed by atoms with Crippen molar-refractivity contribution in [3.05, 3.63) is 76.7 Å². The number of aryl methyl sites for hydroxylation is 1. The van der Waals surface area contributed by atoms with Gasteiger partial charge in [0.25, 0.3) is 5.91 Å². The van der Waals surface area contributed by atoms with Crippen LogP contribution in [0.3, 0.4) is 0 Å². The van der Waals surface area contributed by atoms with Crippen LogP contribution in [0.1, 0.15) is 50.8 Å². The highest BCUT2D eigenvalue weighted by atomic mass is 32.1. The molecule has 0 fully saturated rings. The quantitative estimate of drug-likeness (QED) is 0.302. The number of anilines is 1. The van der Waals surface area contributed by atoms with E-state index in [2.05, 4.69) is 66.0 Å². The van der Waals surface area contributed by atoms with Crippen LogP contribution in [0.25, 0.3) is 10.4 Å². The second-order valence-electron chi connectivity index (χ2n) is 10.2. The van der Waals surface area contributed by atoms with Crippen molar-refractivity contribution < 1.29 is 9.59 Å². The summed E-state index contributed by atoms with van der Waals surface area (Å²) in [5.74, 6) is 0.510. The van der Waals surface area contributed by atoms with Gasteiger partial charge in [0.2, 0.25) is 5.91 Å². The molecule has 0 saturated heterocycles. The van der Waals surface area contributed by atoms with Crippen molar-refractivity contribution in [2.45, 2.75) is 54.1 Å². The highest BCUT2D eigenvalue weighted by Crippen LogP contribution is 2.31. The lowest BCUT2D eigenvalue weighted by Gasteiger charge is -2.32. The molecule has 0 bridgehead atoms. The number of hydrogen-bond acceptors (Lipinski definition) is 5. The van der Waals surface area contributed by atoms with Crippen molar-refractivity contribution in [2.24, 2.45) is 5.92 Å². The minimum absolute atomic E-state index is 0. The van der Waals surface area contributed by atoms with Gasteiger partial charge in [-0.2, -0.15) is 0 Å². The third-order valence-electron chi connectivity index (χ3n) is 6.91. The van der Waals surface area contributed by atoms with Crippen molar-refractivity contribution in [1.82, 2.24) is 15.3 Å². The number of nitrogens with zero attached hydrogens (tertiary/aromatic N) is 3. The molecule has 1 N–H and O–H groups in total. The monoisotopic (exact) mass is 534 g/mol. The lowest BCUT2D eigenvalue weighted by molar-refractivity contribution is -0.145. The Morgan fingerprint density at radius 1 is 1.03 bits per heavy atom. The van der Waals surface area contributed by atoms with Gasteiger partial charge in [0.15, 0.2) is 0 Å². The normalized spacial score (nSPS) is 12.7. The average Bonchev–Trinajstić information content (AvgIpc) is 3.56. The first kappa shape index (κ1) is 29.4. The average molecular weight is 535 g/mol. The second kappa shape index (κ2) is 13.6. The van der Waals surface area contributed by atoms with Crippen LogP contribution in [0, 0.1) is 12.8 Å². The molecule has 1 aliphatic heterocycles. The Morgan fingerprint density at radius 2 is 1.74 bits per heavy atom. The topological polar surface area (TPSA) is 55.9 Å². The molecule has 204 valence electrons. The van der Waals surface area contributed by atoms with Gasteiger partial charge in [0.05, 0.1) is 13.1 Å². The van der Waals surface area contributed by atoms with Crippen LogP contribution in [-0.2, 0) is 22.7 Å². The molecule has 2 aromatic carbocycles. The molecule has 3 aromatic rings. The Bertz CT molecular complexity index is 1180. The molecule has 0 atom stereocenters. The number of fused-ring (bicyclic) bond motifs is 1. The first-order valence-corrected chi connectivity index (χ1v) is 13.9. The number of hydrogen-bond donors (Lipinski definition) is 1. The number of amides is 2. The molecule has 2 amide bonds. The summed E-state index contributed by atoms with van der Waals surface area (Å²) >= 11 is 1.68. The van der Waals surface area contributed by atoms with E-state index >= 15 is 0 Å². The third-order valence-corrected chi connectivity index (χ3v) is 7.82. The van der Waals surface area contributed by atoms with Gasteiger partial charge < -0.3 is 10.2 Å². The van der Waals surface area contributed by atoms with E-state index in [1.165, 1.54) is 11.1 Å². The highest BCUT2D eigenvalue weighted by molar-refractivity contribution is 7.13. The van der Waals surface area contributed by atoms with Crippen molar-refractivity contribution >= 4 is 28.8 Å². The first-order chi connectivity index (χ1) is 17.8. The van der Waals surface area contributed by atoms with E-state index in [-0.39, 0.29) is 32.3 Å². The van der Waals surface area contributed by atoms with Crippen molar-refractivity contribution in [2.75, 3.05) is 31.6 Å². The van der Waals surface area contributed by atoms with Crippen LogP contribution in [0.15, 0.2) is 60.0 Å². The number of carbonyl (C=O) groups excluding carboxylic acids is 2. The summed E-state index contributed by atoms with van der Waals surface area (Å²) in [4.78, 5) is 29.6. The molecule has 1 aromatic heterocycles. The number of hydrazine groups is 1. The Morgan fingerprint density at radius 3 is 2.37 bits per heavy atom. The van der Waals surface area contributed by atoms with E-state index in [0.717, 1.165) is 34.5 Å². The first-order valence-electron chi connectivity index (χ1n) is 13.1. The minimum atomic E-state index is -0.0614. The smallest absolute Gasteiger partial charge is 0.256 e. The van der Waals surface area contributed by atoms with E-state index < -0.39 is 0 Å². The Labute approximate surface area is 232 Å². The molecule has 38 heavy (non-hydrogen) atoms. The number of thiophene rings is 1. The minimum Gasteiger partial charge on any atom is -0.355 e. The van der Waals surface area contributed by atoms with Gasteiger partial charge in [-0.25, -0.2) is 5.01 Å². The fraction of sp³-hybridized carbons (Fsp3) is 0.419. The molecule has 0 unspecified atom stereocenters. The zero-order valence-corrected chi connectivity index (χ0v) is 23.2. The Hall–Kier alpha value is -3.16. The summed E-state index contributed by atoms with van der Waals surface area (Å²) in [6.07, 6.45) is 2.03. The van der Waals surface area contributed by atoms with E-state index in [1.54, 1.807) is 16.3 Å².